The van der Waals surface area contributed by atoms with Gasteiger partial charge in [0, 0.05) is 29.2 Å². The minimum Gasteiger partial charge on any atom is -0.300 e. The first-order chi connectivity index (χ1) is 12.5. The van der Waals surface area contributed by atoms with E-state index in [4.69, 9.17) is 4.98 Å². The van der Waals surface area contributed by atoms with Crippen LogP contribution in [0, 0.1) is 0 Å². The van der Waals surface area contributed by atoms with E-state index in [1.807, 2.05) is 23.0 Å². The molecule has 0 radical (unpaired) electrons. The quantitative estimate of drug-likeness (QED) is 0.527. The zero-order valence-corrected chi connectivity index (χ0v) is 15.8. The van der Waals surface area contributed by atoms with Gasteiger partial charge in [0.1, 0.15) is 5.52 Å². The standard InChI is InChI=1S/C19H17N3O2S2/c1-26(23,24)17-8-5-15(6-9-17)22-11-10-18-19(22)21-14(13-20-18)4-7-16-3-2-12-25-16/h2-3,5-6,8-13H,4,7H2,1H3. The highest BCUT2D eigenvalue weighted by molar-refractivity contribution is 7.90. The Balaban J connectivity index is 1.66. The van der Waals surface area contributed by atoms with E-state index in [1.54, 1.807) is 35.6 Å². The van der Waals surface area contributed by atoms with Crippen molar-refractivity contribution in [3.05, 3.63) is 70.8 Å². The monoisotopic (exact) mass is 383 g/mol. The molecule has 0 aliphatic rings. The summed E-state index contributed by atoms with van der Waals surface area (Å²) in [6.45, 7) is 0. The number of sulfone groups is 1. The van der Waals surface area contributed by atoms with Crippen LogP contribution >= 0.6 is 11.3 Å². The van der Waals surface area contributed by atoms with Crippen LogP contribution in [0.1, 0.15) is 10.6 Å². The summed E-state index contributed by atoms with van der Waals surface area (Å²) < 4.78 is 25.2. The molecule has 132 valence electrons. The molecular formula is C19H17N3O2S2. The van der Waals surface area contributed by atoms with Crippen LogP contribution in [-0.2, 0) is 22.7 Å². The highest BCUT2D eigenvalue weighted by atomic mass is 32.2. The number of hydrogen-bond donors (Lipinski definition) is 0. The van der Waals surface area contributed by atoms with Crippen molar-refractivity contribution < 1.29 is 8.42 Å². The van der Waals surface area contributed by atoms with Crippen molar-refractivity contribution in [3.8, 4) is 5.69 Å². The highest BCUT2D eigenvalue weighted by Gasteiger charge is 2.10. The van der Waals surface area contributed by atoms with Gasteiger partial charge in [0.25, 0.3) is 0 Å². The summed E-state index contributed by atoms with van der Waals surface area (Å²) in [5.74, 6) is 0. The number of fused-ring (bicyclic) bond motifs is 1. The van der Waals surface area contributed by atoms with Gasteiger partial charge in [0.15, 0.2) is 15.5 Å². The van der Waals surface area contributed by atoms with Gasteiger partial charge in [-0.2, -0.15) is 0 Å². The van der Waals surface area contributed by atoms with Crippen molar-refractivity contribution in [1.29, 1.82) is 0 Å². The lowest BCUT2D eigenvalue weighted by atomic mass is 10.2. The summed E-state index contributed by atoms with van der Waals surface area (Å²) in [5, 5.41) is 2.08. The maximum Gasteiger partial charge on any atom is 0.175 e. The largest absolute Gasteiger partial charge is 0.300 e. The van der Waals surface area contributed by atoms with E-state index in [-0.39, 0.29) is 0 Å². The third kappa shape index (κ3) is 3.40. The molecule has 0 fully saturated rings. The van der Waals surface area contributed by atoms with Crippen molar-refractivity contribution in [3.63, 3.8) is 0 Å². The van der Waals surface area contributed by atoms with Crippen LogP contribution in [0.3, 0.4) is 0 Å². The van der Waals surface area contributed by atoms with E-state index < -0.39 is 9.84 Å². The SMILES string of the molecule is CS(=O)(=O)c1ccc(-n2ccc3ncc(CCc4cccs4)nc32)cc1. The summed E-state index contributed by atoms with van der Waals surface area (Å²) in [5.41, 5.74) is 3.40. The molecular weight excluding hydrogens is 366 g/mol. The maximum atomic E-state index is 11.6. The topological polar surface area (TPSA) is 64.8 Å². The number of rotatable bonds is 5. The van der Waals surface area contributed by atoms with E-state index >= 15 is 0 Å². The molecule has 7 heteroatoms. The fourth-order valence-electron chi connectivity index (χ4n) is 2.82. The normalized spacial score (nSPS) is 11.9. The number of hydrogen-bond acceptors (Lipinski definition) is 5. The van der Waals surface area contributed by atoms with Crippen LogP contribution in [0.2, 0.25) is 0 Å². The van der Waals surface area contributed by atoms with Crippen LogP contribution in [0.5, 0.6) is 0 Å². The molecule has 5 nitrogen and oxygen atoms in total. The van der Waals surface area contributed by atoms with Crippen molar-refractivity contribution in [1.82, 2.24) is 14.5 Å². The molecule has 4 aromatic rings. The summed E-state index contributed by atoms with van der Waals surface area (Å²) in [4.78, 5) is 10.9. The molecule has 26 heavy (non-hydrogen) atoms. The lowest BCUT2D eigenvalue weighted by Gasteiger charge is -2.07. The van der Waals surface area contributed by atoms with Gasteiger partial charge in [-0.25, -0.2) is 13.4 Å². The van der Waals surface area contributed by atoms with Crippen LogP contribution in [0.4, 0.5) is 0 Å². The van der Waals surface area contributed by atoms with Gasteiger partial charge >= 0.3 is 0 Å². The van der Waals surface area contributed by atoms with Crippen molar-refractivity contribution in [2.45, 2.75) is 17.7 Å². The molecule has 3 heterocycles. The Morgan fingerprint density at radius 1 is 1.08 bits per heavy atom. The van der Waals surface area contributed by atoms with Gasteiger partial charge < -0.3 is 0 Å². The average molecular weight is 383 g/mol. The van der Waals surface area contributed by atoms with Gasteiger partial charge in [-0.15, -0.1) is 11.3 Å². The first-order valence-electron chi connectivity index (χ1n) is 8.16. The number of nitrogens with zero attached hydrogens (tertiary/aromatic N) is 3. The maximum absolute atomic E-state index is 11.6. The Morgan fingerprint density at radius 3 is 2.58 bits per heavy atom. The molecule has 0 atom stereocenters. The van der Waals surface area contributed by atoms with Gasteiger partial charge in [0.2, 0.25) is 0 Å². The third-order valence-electron chi connectivity index (χ3n) is 4.19. The van der Waals surface area contributed by atoms with Crippen LogP contribution in [-0.4, -0.2) is 29.2 Å². The Hall–Kier alpha value is -2.51. The molecule has 0 aliphatic carbocycles. The minimum absolute atomic E-state index is 0.306. The zero-order chi connectivity index (χ0) is 18.1. The molecule has 0 amide bonds. The smallest absolute Gasteiger partial charge is 0.175 e. The minimum atomic E-state index is -3.20. The van der Waals surface area contributed by atoms with E-state index in [0.29, 0.717) is 4.90 Å². The van der Waals surface area contributed by atoms with E-state index in [2.05, 4.69) is 22.5 Å². The summed E-state index contributed by atoms with van der Waals surface area (Å²) in [6, 6.07) is 12.9. The fourth-order valence-corrected chi connectivity index (χ4v) is 4.16. The molecule has 0 bridgehead atoms. The van der Waals surface area contributed by atoms with Crippen LogP contribution in [0.15, 0.2) is 65.1 Å². The lowest BCUT2D eigenvalue weighted by molar-refractivity contribution is 0.602. The Labute approximate surface area is 155 Å². The van der Waals surface area contributed by atoms with Gasteiger partial charge in [-0.05, 0) is 54.6 Å². The van der Waals surface area contributed by atoms with Crippen molar-refractivity contribution in [2.75, 3.05) is 6.26 Å². The summed E-state index contributed by atoms with van der Waals surface area (Å²) in [6.07, 6.45) is 6.72. The average Bonchev–Trinajstić information content (AvgIpc) is 3.28. The second-order valence-electron chi connectivity index (χ2n) is 6.10. The fraction of sp³-hybridized carbons (Fsp3) is 0.158. The first-order valence-corrected chi connectivity index (χ1v) is 10.9. The Kier molecular flexibility index (Phi) is 4.34. The second kappa shape index (κ2) is 6.66. The van der Waals surface area contributed by atoms with Gasteiger partial charge in [0.05, 0.1) is 10.6 Å². The predicted molar refractivity (Wildman–Crippen MR) is 104 cm³/mol. The van der Waals surface area contributed by atoms with Crippen LogP contribution < -0.4 is 0 Å². The van der Waals surface area contributed by atoms with Crippen LogP contribution in [0.25, 0.3) is 16.9 Å². The van der Waals surface area contributed by atoms with E-state index in [0.717, 1.165) is 35.4 Å². The molecule has 0 saturated carbocycles. The molecule has 1 aromatic carbocycles. The summed E-state index contributed by atoms with van der Waals surface area (Å²) >= 11 is 1.75. The third-order valence-corrected chi connectivity index (χ3v) is 6.26. The summed E-state index contributed by atoms with van der Waals surface area (Å²) in [7, 11) is -3.20. The zero-order valence-electron chi connectivity index (χ0n) is 14.2. The highest BCUT2D eigenvalue weighted by Crippen LogP contribution is 2.20. The number of thiophene rings is 1. The Bertz CT molecular complexity index is 1150. The number of aryl methyl sites for hydroxylation is 2. The number of benzene rings is 1. The van der Waals surface area contributed by atoms with Crippen molar-refractivity contribution >= 4 is 32.3 Å². The first kappa shape index (κ1) is 16.9. The van der Waals surface area contributed by atoms with E-state index in [1.165, 1.54) is 11.1 Å². The van der Waals surface area contributed by atoms with Gasteiger partial charge in [-0.3, -0.25) is 9.55 Å². The molecule has 0 aliphatic heterocycles. The molecule has 0 saturated heterocycles. The molecule has 0 N–H and O–H groups in total. The molecule has 3 aromatic heterocycles. The number of aromatic nitrogens is 3. The lowest BCUT2D eigenvalue weighted by Crippen LogP contribution is -2.00. The molecule has 0 spiro atoms. The predicted octanol–water partition coefficient (Wildman–Crippen LogP) is 3.67. The molecule has 0 unspecified atom stereocenters. The Morgan fingerprint density at radius 2 is 1.88 bits per heavy atom. The van der Waals surface area contributed by atoms with Crippen molar-refractivity contribution in [2.24, 2.45) is 0 Å². The van der Waals surface area contributed by atoms with E-state index in [9.17, 15) is 8.42 Å². The van der Waals surface area contributed by atoms with Gasteiger partial charge in [-0.1, -0.05) is 6.07 Å². The molecule has 4 rings (SSSR count). The second-order valence-corrected chi connectivity index (χ2v) is 9.15.